The molecule has 2 aromatic carbocycles. The topological polar surface area (TPSA) is 95.1 Å². The molecule has 8 heteroatoms. The van der Waals surface area contributed by atoms with Crippen LogP contribution in [0.5, 0.6) is 11.5 Å². The van der Waals surface area contributed by atoms with Gasteiger partial charge in [0.2, 0.25) is 0 Å². The molecule has 6 nitrogen and oxygen atoms in total. The minimum Gasteiger partial charge on any atom is -0.493 e. The van der Waals surface area contributed by atoms with Crippen molar-refractivity contribution in [2.24, 2.45) is 0 Å². The molecule has 0 saturated carbocycles. The van der Waals surface area contributed by atoms with Gasteiger partial charge >= 0.3 is 0 Å². The zero-order chi connectivity index (χ0) is 24.8. The van der Waals surface area contributed by atoms with Crippen molar-refractivity contribution in [2.75, 3.05) is 12.4 Å². The van der Waals surface area contributed by atoms with Crippen molar-refractivity contribution in [3.05, 3.63) is 81.0 Å². The number of fused-ring (bicyclic) bond motifs is 1. The second kappa shape index (κ2) is 10.9. The Morgan fingerprint density at radius 2 is 2.00 bits per heavy atom. The van der Waals surface area contributed by atoms with Gasteiger partial charge in [-0.15, -0.1) is 11.3 Å². The first kappa shape index (κ1) is 24.0. The van der Waals surface area contributed by atoms with E-state index in [1.165, 1.54) is 36.7 Å². The number of ether oxygens (including phenoxy) is 2. The van der Waals surface area contributed by atoms with Crippen LogP contribution in [-0.4, -0.2) is 13.0 Å². The van der Waals surface area contributed by atoms with Gasteiger partial charge in [-0.3, -0.25) is 4.79 Å². The highest BCUT2D eigenvalue weighted by molar-refractivity contribution is 7.16. The number of carbonyl (C=O) groups excluding carboxylic acids is 1. The fraction of sp³-hybridized carbons (Fsp3) is 0.222. The largest absolute Gasteiger partial charge is 0.493 e. The van der Waals surface area contributed by atoms with E-state index in [2.05, 4.69) is 11.4 Å². The summed E-state index contributed by atoms with van der Waals surface area (Å²) in [5.41, 5.74) is 2.65. The van der Waals surface area contributed by atoms with Crippen molar-refractivity contribution < 1.29 is 18.7 Å². The monoisotopic (exact) mass is 487 g/mol. The molecule has 1 heterocycles. The van der Waals surface area contributed by atoms with Crippen molar-refractivity contribution in [2.45, 2.75) is 32.3 Å². The zero-order valence-electron chi connectivity index (χ0n) is 19.1. The molecule has 0 atom stereocenters. The molecule has 3 aromatic rings. The van der Waals surface area contributed by atoms with Gasteiger partial charge in [0.05, 0.1) is 12.7 Å². The van der Waals surface area contributed by atoms with E-state index in [4.69, 9.17) is 9.47 Å². The summed E-state index contributed by atoms with van der Waals surface area (Å²) < 4.78 is 24.6. The number of benzene rings is 2. The number of methoxy groups -OCH3 is 1. The van der Waals surface area contributed by atoms with E-state index in [-0.39, 0.29) is 18.0 Å². The average Bonchev–Trinajstić information content (AvgIpc) is 3.23. The number of hydrogen-bond donors (Lipinski definition) is 1. The lowest BCUT2D eigenvalue weighted by Crippen LogP contribution is -2.13. The number of hydrogen-bond acceptors (Lipinski definition) is 6. The molecule has 0 unspecified atom stereocenters. The predicted molar refractivity (Wildman–Crippen MR) is 132 cm³/mol. The van der Waals surface area contributed by atoms with Crippen LogP contribution in [0.4, 0.5) is 9.39 Å². The summed E-state index contributed by atoms with van der Waals surface area (Å²) in [5, 5.41) is 22.5. The van der Waals surface area contributed by atoms with Gasteiger partial charge in [-0.1, -0.05) is 18.2 Å². The standard InChI is InChI=1S/C27H22FN3O3S/c1-33-24-13-17(9-10-23(24)34-16-18-5-4-6-20(28)12-18)11-19(14-29)26(32)31-27-22(15-30)21-7-2-3-8-25(21)35-27/h4-6,9-13H,2-3,7-8,16H2,1H3,(H,31,32)/b19-11+. The molecule has 1 amide bonds. The third-order valence-electron chi connectivity index (χ3n) is 5.66. The van der Waals surface area contributed by atoms with E-state index >= 15 is 0 Å². The molecule has 0 fully saturated rings. The summed E-state index contributed by atoms with van der Waals surface area (Å²) >= 11 is 1.41. The van der Waals surface area contributed by atoms with Gasteiger partial charge in [-0.25, -0.2) is 4.39 Å². The lowest BCUT2D eigenvalue weighted by atomic mass is 9.96. The molecule has 0 spiro atoms. The number of nitriles is 2. The summed E-state index contributed by atoms with van der Waals surface area (Å²) in [6.45, 7) is 0.154. The van der Waals surface area contributed by atoms with Gasteiger partial charge in [0.15, 0.2) is 11.5 Å². The van der Waals surface area contributed by atoms with Gasteiger partial charge in [0.25, 0.3) is 5.91 Å². The second-order valence-electron chi connectivity index (χ2n) is 7.98. The third-order valence-corrected chi connectivity index (χ3v) is 6.86. The minimum absolute atomic E-state index is 0.101. The Hall–Kier alpha value is -4.14. The Morgan fingerprint density at radius 1 is 1.17 bits per heavy atom. The van der Waals surface area contributed by atoms with Crippen LogP contribution in [0.15, 0.2) is 48.0 Å². The maximum Gasteiger partial charge on any atom is 0.266 e. The lowest BCUT2D eigenvalue weighted by Gasteiger charge is -2.12. The Morgan fingerprint density at radius 3 is 2.74 bits per heavy atom. The number of amides is 1. The number of nitrogens with one attached hydrogen (secondary N) is 1. The summed E-state index contributed by atoms with van der Waals surface area (Å²) in [6.07, 6.45) is 5.28. The Labute approximate surface area is 206 Å². The van der Waals surface area contributed by atoms with Gasteiger partial charge in [0, 0.05) is 4.88 Å². The van der Waals surface area contributed by atoms with Crippen molar-refractivity contribution in [1.82, 2.24) is 0 Å². The molecule has 176 valence electrons. The average molecular weight is 488 g/mol. The van der Waals surface area contributed by atoms with Crippen LogP contribution in [0.25, 0.3) is 6.08 Å². The molecular formula is C27H22FN3O3S. The molecule has 0 radical (unpaired) electrons. The second-order valence-corrected chi connectivity index (χ2v) is 9.08. The molecular weight excluding hydrogens is 465 g/mol. The number of anilines is 1. The van der Waals surface area contributed by atoms with Gasteiger partial charge in [0.1, 0.15) is 35.1 Å². The van der Waals surface area contributed by atoms with Crippen molar-refractivity contribution in [3.8, 4) is 23.6 Å². The number of halogens is 1. The SMILES string of the molecule is COc1cc(/C=C(\C#N)C(=O)Nc2sc3c(c2C#N)CCCC3)ccc1OCc1cccc(F)c1. The number of thiophene rings is 1. The quantitative estimate of drug-likeness (QED) is 0.337. The normalized spacial score (nSPS) is 12.7. The fourth-order valence-electron chi connectivity index (χ4n) is 3.94. The zero-order valence-corrected chi connectivity index (χ0v) is 19.9. The number of carbonyl (C=O) groups is 1. The summed E-state index contributed by atoms with van der Waals surface area (Å²) in [4.78, 5) is 14.0. The van der Waals surface area contributed by atoms with E-state index in [0.717, 1.165) is 36.1 Å². The Bertz CT molecular complexity index is 1380. The van der Waals surface area contributed by atoms with Gasteiger partial charge in [-0.05, 0) is 72.7 Å². The van der Waals surface area contributed by atoms with E-state index in [9.17, 15) is 19.7 Å². The number of aryl methyl sites for hydroxylation is 1. The maximum absolute atomic E-state index is 13.4. The molecule has 0 bridgehead atoms. The highest BCUT2D eigenvalue weighted by atomic mass is 32.1. The molecule has 1 N–H and O–H groups in total. The van der Waals surface area contributed by atoms with Crippen molar-refractivity contribution >= 4 is 28.3 Å². The molecule has 0 saturated heterocycles. The van der Waals surface area contributed by atoms with Crippen LogP contribution < -0.4 is 14.8 Å². The van der Waals surface area contributed by atoms with Crippen LogP contribution in [0.1, 0.15) is 40.0 Å². The van der Waals surface area contributed by atoms with E-state index in [1.807, 2.05) is 6.07 Å². The predicted octanol–water partition coefficient (Wildman–Crippen LogP) is 5.77. The molecule has 0 aliphatic heterocycles. The first-order valence-corrected chi connectivity index (χ1v) is 11.9. The van der Waals surface area contributed by atoms with E-state index < -0.39 is 5.91 Å². The number of rotatable bonds is 7. The summed E-state index contributed by atoms with van der Waals surface area (Å²) in [7, 11) is 1.48. The minimum atomic E-state index is -0.576. The van der Waals surface area contributed by atoms with E-state index in [0.29, 0.717) is 33.2 Å². The Balaban J connectivity index is 1.51. The third kappa shape index (κ3) is 5.51. The van der Waals surface area contributed by atoms with Crippen LogP contribution in [-0.2, 0) is 24.2 Å². The summed E-state index contributed by atoms with van der Waals surface area (Å²) in [6, 6.07) is 15.3. The summed E-state index contributed by atoms with van der Waals surface area (Å²) in [5.74, 6) is -0.0660. The fourth-order valence-corrected chi connectivity index (χ4v) is 5.17. The van der Waals surface area contributed by atoms with Crippen molar-refractivity contribution in [1.29, 1.82) is 10.5 Å². The molecule has 1 aromatic heterocycles. The Kier molecular flexibility index (Phi) is 7.45. The molecule has 4 rings (SSSR count). The first-order chi connectivity index (χ1) is 17.0. The highest BCUT2D eigenvalue weighted by Gasteiger charge is 2.22. The van der Waals surface area contributed by atoms with Crippen molar-refractivity contribution in [3.63, 3.8) is 0 Å². The first-order valence-electron chi connectivity index (χ1n) is 11.1. The number of nitrogens with zero attached hydrogens (tertiary/aromatic N) is 2. The van der Waals surface area contributed by atoms with Gasteiger partial charge < -0.3 is 14.8 Å². The maximum atomic E-state index is 13.4. The van der Waals surface area contributed by atoms with Crippen LogP contribution in [0.3, 0.4) is 0 Å². The van der Waals surface area contributed by atoms with Crippen LogP contribution >= 0.6 is 11.3 Å². The molecule has 1 aliphatic carbocycles. The van der Waals surface area contributed by atoms with Crippen LogP contribution in [0.2, 0.25) is 0 Å². The highest BCUT2D eigenvalue weighted by Crippen LogP contribution is 2.38. The van der Waals surface area contributed by atoms with Crippen LogP contribution in [0, 0.1) is 28.5 Å². The smallest absolute Gasteiger partial charge is 0.266 e. The molecule has 1 aliphatic rings. The van der Waals surface area contributed by atoms with Gasteiger partial charge in [-0.2, -0.15) is 10.5 Å². The lowest BCUT2D eigenvalue weighted by molar-refractivity contribution is -0.112. The molecule has 35 heavy (non-hydrogen) atoms. The van der Waals surface area contributed by atoms with E-state index in [1.54, 1.807) is 30.3 Å².